The summed E-state index contributed by atoms with van der Waals surface area (Å²) in [4.78, 5) is 30.2. The van der Waals surface area contributed by atoms with Crippen molar-refractivity contribution in [3.63, 3.8) is 0 Å². The number of hydrogen-bond acceptors (Lipinski definition) is 5. The number of fused-ring (bicyclic) bond motifs is 1. The molecule has 0 saturated heterocycles. The van der Waals surface area contributed by atoms with Crippen LogP contribution in [0.2, 0.25) is 0 Å². The van der Waals surface area contributed by atoms with Crippen molar-refractivity contribution in [3.05, 3.63) is 82.2 Å². The first-order valence-electron chi connectivity index (χ1n) is 8.91. The van der Waals surface area contributed by atoms with Crippen LogP contribution in [0.5, 0.6) is 5.75 Å². The number of rotatable bonds is 5. The van der Waals surface area contributed by atoms with E-state index in [2.05, 4.69) is 4.98 Å². The van der Waals surface area contributed by atoms with Crippen molar-refractivity contribution >= 4 is 27.5 Å². The molecule has 0 aliphatic rings. The zero-order valence-electron chi connectivity index (χ0n) is 15.3. The molecule has 0 aliphatic heterocycles. The van der Waals surface area contributed by atoms with Crippen LogP contribution in [-0.2, 0) is 11.3 Å². The number of esters is 1. The highest BCUT2D eigenvalue weighted by atomic mass is 32.1. The Balaban J connectivity index is 1.57. The molecular weight excluding hydrogens is 372 g/mol. The summed E-state index contributed by atoms with van der Waals surface area (Å²) in [5.74, 6) is 0.107. The number of benzene rings is 2. The van der Waals surface area contributed by atoms with Gasteiger partial charge in [-0.25, -0.2) is 4.98 Å². The van der Waals surface area contributed by atoms with Crippen LogP contribution in [0.15, 0.2) is 71.1 Å². The first-order chi connectivity index (χ1) is 13.6. The van der Waals surface area contributed by atoms with Crippen molar-refractivity contribution in [1.82, 2.24) is 9.55 Å². The summed E-state index contributed by atoms with van der Waals surface area (Å²) in [7, 11) is 0. The molecule has 5 nitrogen and oxygen atoms in total. The Labute approximate surface area is 165 Å². The number of nitrogens with zero attached hydrogens (tertiary/aromatic N) is 2. The Kier molecular flexibility index (Phi) is 5.04. The van der Waals surface area contributed by atoms with Gasteiger partial charge in [0, 0.05) is 17.5 Å². The highest BCUT2D eigenvalue weighted by Crippen LogP contribution is 2.30. The monoisotopic (exact) mass is 390 g/mol. The maximum atomic E-state index is 13.0. The normalized spacial score (nSPS) is 10.9. The molecule has 4 rings (SSSR count). The van der Waals surface area contributed by atoms with Gasteiger partial charge in [-0.3, -0.25) is 14.2 Å². The number of para-hydroxylation sites is 1. The topological polar surface area (TPSA) is 61.2 Å². The van der Waals surface area contributed by atoms with E-state index >= 15 is 0 Å². The molecule has 6 heteroatoms. The van der Waals surface area contributed by atoms with Gasteiger partial charge in [-0.05, 0) is 24.6 Å². The molecule has 2 aromatic carbocycles. The van der Waals surface area contributed by atoms with Crippen molar-refractivity contribution < 1.29 is 9.53 Å². The van der Waals surface area contributed by atoms with E-state index in [-0.39, 0.29) is 24.5 Å². The molecule has 2 aromatic heterocycles. The summed E-state index contributed by atoms with van der Waals surface area (Å²) < 4.78 is 6.75. The summed E-state index contributed by atoms with van der Waals surface area (Å²) in [6.07, 6.45) is 1.59. The molecule has 0 unspecified atom stereocenters. The van der Waals surface area contributed by atoms with Gasteiger partial charge >= 0.3 is 5.97 Å². The molecule has 0 atom stereocenters. The molecule has 28 heavy (non-hydrogen) atoms. The van der Waals surface area contributed by atoms with Crippen LogP contribution in [0.1, 0.15) is 12.0 Å². The molecule has 2 heterocycles. The van der Waals surface area contributed by atoms with Crippen LogP contribution < -0.4 is 10.3 Å². The molecule has 140 valence electrons. The van der Waals surface area contributed by atoms with E-state index in [4.69, 9.17) is 4.74 Å². The van der Waals surface area contributed by atoms with Gasteiger partial charge < -0.3 is 4.74 Å². The lowest BCUT2D eigenvalue weighted by molar-refractivity contribution is -0.134. The minimum Gasteiger partial charge on any atom is -0.426 e. The van der Waals surface area contributed by atoms with Crippen molar-refractivity contribution in [3.8, 4) is 16.9 Å². The van der Waals surface area contributed by atoms with Crippen molar-refractivity contribution in [2.24, 2.45) is 0 Å². The predicted molar refractivity (Wildman–Crippen MR) is 111 cm³/mol. The summed E-state index contributed by atoms with van der Waals surface area (Å²) in [5, 5.41) is 2.55. The Morgan fingerprint density at radius 2 is 1.86 bits per heavy atom. The number of carbonyl (C=O) groups excluding carboxylic acids is 1. The van der Waals surface area contributed by atoms with Crippen molar-refractivity contribution in [2.45, 2.75) is 19.9 Å². The molecular formula is C22H18N2O3S. The van der Waals surface area contributed by atoms with Crippen LogP contribution in [-0.4, -0.2) is 15.5 Å². The zero-order valence-corrected chi connectivity index (χ0v) is 16.1. The van der Waals surface area contributed by atoms with Gasteiger partial charge in [0.05, 0.1) is 18.1 Å². The third-order valence-corrected chi connectivity index (χ3v) is 5.34. The highest BCUT2D eigenvalue weighted by Gasteiger charge is 2.14. The molecule has 0 N–H and O–H groups in total. The average Bonchev–Trinajstić information content (AvgIpc) is 3.14. The summed E-state index contributed by atoms with van der Waals surface area (Å²) >= 11 is 1.45. The minimum atomic E-state index is -0.387. The summed E-state index contributed by atoms with van der Waals surface area (Å²) in [6, 6.07) is 16.9. The average molecular weight is 390 g/mol. The lowest BCUT2D eigenvalue weighted by atomic mass is 10.1. The number of aryl methyl sites for hydroxylation is 2. The maximum absolute atomic E-state index is 13.0. The molecule has 0 amide bonds. The number of aromatic nitrogens is 2. The Morgan fingerprint density at radius 3 is 2.61 bits per heavy atom. The Hall–Kier alpha value is -3.25. The van der Waals surface area contributed by atoms with Gasteiger partial charge in [-0.1, -0.05) is 48.0 Å². The second-order valence-electron chi connectivity index (χ2n) is 6.48. The second-order valence-corrected chi connectivity index (χ2v) is 7.33. The fourth-order valence-corrected chi connectivity index (χ4v) is 3.86. The van der Waals surface area contributed by atoms with Crippen LogP contribution in [0.4, 0.5) is 0 Å². The summed E-state index contributed by atoms with van der Waals surface area (Å²) in [6.45, 7) is 2.25. The smallest absolute Gasteiger partial charge is 0.312 e. The van der Waals surface area contributed by atoms with E-state index in [9.17, 15) is 9.59 Å². The van der Waals surface area contributed by atoms with E-state index in [1.807, 2.05) is 42.6 Å². The number of hydrogen-bond donors (Lipinski definition) is 0. The van der Waals surface area contributed by atoms with E-state index in [1.165, 1.54) is 22.2 Å². The quantitative estimate of drug-likeness (QED) is 0.374. The number of ether oxygens (including phenoxy) is 1. The predicted octanol–water partition coefficient (Wildman–Crippen LogP) is 4.43. The van der Waals surface area contributed by atoms with Gasteiger partial charge in [-0.2, -0.15) is 0 Å². The van der Waals surface area contributed by atoms with Gasteiger partial charge in [0.2, 0.25) is 0 Å². The number of carbonyl (C=O) groups is 1. The zero-order chi connectivity index (χ0) is 19.5. The van der Waals surface area contributed by atoms with Gasteiger partial charge in [0.1, 0.15) is 10.6 Å². The van der Waals surface area contributed by atoms with E-state index < -0.39 is 0 Å². The third-order valence-electron chi connectivity index (χ3n) is 4.46. The maximum Gasteiger partial charge on any atom is 0.312 e. The summed E-state index contributed by atoms with van der Waals surface area (Å²) in [5.41, 5.74) is 2.88. The van der Waals surface area contributed by atoms with Crippen LogP contribution in [0.3, 0.4) is 0 Å². The molecule has 0 bridgehead atoms. The molecule has 0 spiro atoms. The molecule has 0 aliphatic carbocycles. The standard InChI is InChI=1S/C22H18N2O3S/c1-15-7-9-16(10-8-15)18-13-28-21-20(18)22(26)24(14-23-21)12-11-19(25)27-17-5-3-2-4-6-17/h2-10,13-14H,11-12H2,1H3. The van der Waals surface area contributed by atoms with Crippen LogP contribution in [0, 0.1) is 6.92 Å². The van der Waals surface area contributed by atoms with Gasteiger partial charge in [-0.15, -0.1) is 11.3 Å². The van der Waals surface area contributed by atoms with E-state index in [1.54, 1.807) is 24.3 Å². The molecule has 4 aromatic rings. The largest absolute Gasteiger partial charge is 0.426 e. The lowest BCUT2D eigenvalue weighted by Crippen LogP contribution is -2.23. The van der Waals surface area contributed by atoms with Crippen LogP contribution in [0.25, 0.3) is 21.3 Å². The second kappa shape index (κ2) is 7.78. The van der Waals surface area contributed by atoms with Gasteiger partial charge in [0.15, 0.2) is 0 Å². The SMILES string of the molecule is Cc1ccc(-c2csc3ncn(CCC(=O)Oc4ccccc4)c(=O)c23)cc1. The number of thiophene rings is 1. The highest BCUT2D eigenvalue weighted by molar-refractivity contribution is 7.17. The van der Waals surface area contributed by atoms with E-state index in [0.29, 0.717) is 16.0 Å². The fraction of sp³-hybridized carbons (Fsp3) is 0.136. The first kappa shape index (κ1) is 18.1. The molecule has 0 saturated carbocycles. The van der Waals surface area contributed by atoms with Crippen LogP contribution >= 0.6 is 11.3 Å². The third kappa shape index (κ3) is 3.73. The fourth-order valence-electron chi connectivity index (χ4n) is 2.96. The van der Waals surface area contributed by atoms with E-state index in [0.717, 1.165) is 16.7 Å². The lowest BCUT2D eigenvalue weighted by Gasteiger charge is -2.07. The Bertz CT molecular complexity index is 1180. The molecule has 0 radical (unpaired) electrons. The first-order valence-corrected chi connectivity index (χ1v) is 9.79. The van der Waals surface area contributed by atoms with Crippen molar-refractivity contribution in [1.29, 1.82) is 0 Å². The minimum absolute atomic E-state index is 0.0893. The van der Waals surface area contributed by atoms with Crippen molar-refractivity contribution in [2.75, 3.05) is 0 Å². The molecule has 0 fully saturated rings. The Morgan fingerprint density at radius 1 is 1.11 bits per heavy atom. The van der Waals surface area contributed by atoms with Gasteiger partial charge in [0.25, 0.3) is 5.56 Å².